The van der Waals surface area contributed by atoms with Gasteiger partial charge in [-0.25, -0.2) is 4.79 Å². The lowest BCUT2D eigenvalue weighted by Crippen LogP contribution is -2.24. The number of hydrogen-bond acceptors (Lipinski definition) is 8. The van der Waals surface area contributed by atoms with Gasteiger partial charge in [0.1, 0.15) is 5.82 Å². The maximum Gasteiger partial charge on any atom is 0.325 e. The molecule has 3 heterocycles. The van der Waals surface area contributed by atoms with Gasteiger partial charge in [0.05, 0.1) is 5.75 Å². The Hall–Kier alpha value is -4.32. The van der Waals surface area contributed by atoms with E-state index in [2.05, 4.69) is 25.5 Å². The number of aryl methyl sites for hydroxylation is 1. The Kier molecular flexibility index (Phi) is 6.58. The lowest BCUT2D eigenvalue weighted by molar-refractivity contribution is -0.118. The van der Waals surface area contributed by atoms with Gasteiger partial charge < -0.3 is 19.8 Å². The summed E-state index contributed by atoms with van der Waals surface area (Å²) >= 11 is 1.24. The van der Waals surface area contributed by atoms with Gasteiger partial charge in [0.2, 0.25) is 12.7 Å². The topological polar surface area (TPSA) is 144 Å². The molecular weight excluding hydrogens is 484 g/mol. The first-order valence-electron chi connectivity index (χ1n) is 11.1. The molecule has 36 heavy (non-hydrogen) atoms. The third kappa shape index (κ3) is 5.33. The van der Waals surface area contributed by atoms with Crippen LogP contribution < -0.4 is 26.0 Å². The van der Waals surface area contributed by atoms with Crippen molar-refractivity contribution in [3.8, 4) is 17.2 Å². The minimum atomic E-state index is -0.590. The number of carbonyl (C=O) groups excluding carboxylic acids is 1. The molecule has 0 bridgehead atoms. The highest BCUT2D eigenvalue weighted by Crippen LogP contribution is 2.32. The predicted octanol–water partition coefficient (Wildman–Crippen LogP) is 1.68. The number of amides is 1. The van der Waals surface area contributed by atoms with Crippen LogP contribution in [0.4, 0.5) is 0 Å². The molecule has 0 saturated carbocycles. The summed E-state index contributed by atoms with van der Waals surface area (Å²) in [6.07, 6.45) is 0.178. The first-order valence-corrected chi connectivity index (χ1v) is 12.0. The molecule has 0 fully saturated rings. The number of fused-ring (bicyclic) bond motifs is 1. The van der Waals surface area contributed by atoms with Crippen LogP contribution in [-0.4, -0.2) is 43.2 Å². The van der Waals surface area contributed by atoms with Gasteiger partial charge in [0, 0.05) is 30.4 Å². The van der Waals surface area contributed by atoms with Crippen LogP contribution in [0.2, 0.25) is 0 Å². The zero-order chi connectivity index (χ0) is 25.1. The average molecular weight is 507 g/mol. The quantitative estimate of drug-likeness (QED) is 0.306. The number of benzene rings is 2. The third-order valence-corrected chi connectivity index (χ3v) is 6.31. The van der Waals surface area contributed by atoms with Crippen molar-refractivity contribution in [2.75, 3.05) is 12.5 Å². The summed E-state index contributed by atoms with van der Waals surface area (Å²) in [5.74, 6) is 1.82. The van der Waals surface area contributed by atoms with Crippen LogP contribution in [0, 0.1) is 6.92 Å². The second kappa shape index (κ2) is 10.1. The molecule has 0 aliphatic carbocycles. The number of rotatable bonds is 8. The number of thioether (sulfide) groups is 1. The first kappa shape index (κ1) is 23.4. The van der Waals surface area contributed by atoms with Crippen LogP contribution in [0.3, 0.4) is 0 Å². The van der Waals surface area contributed by atoms with Gasteiger partial charge in [-0.2, -0.15) is 0 Å². The number of aromatic amines is 2. The van der Waals surface area contributed by atoms with Crippen molar-refractivity contribution in [1.29, 1.82) is 0 Å². The molecule has 12 heteroatoms. The number of nitrogens with zero attached hydrogens (tertiary/aromatic N) is 3. The second-order valence-electron chi connectivity index (χ2n) is 8.12. The summed E-state index contributed by atoms with van der Waals surface area (Å²) in [4.78, 5) is 40.8. The van der Waals surface area contributed by atoms with Crippen LogP contribution in [0.1, 0.15) is 22.6 Å². The number of aromatic nitrogens is 5. The van der Waals surface area contributed by atoms with E-state index in [1.807, 2.05) is 54.0 Å². The highest BCUT2D eigenvalue weighted by Gasteiger charge is 2.18. The van der Waals surface area contributed by atoms with Crippen molar-refractivity contribution < 1.29 is 14.3 Å². The van der Waals surface area contributed by atoms with Gasteiger partial charge in [-0.3, -0.25) is 19.1 Å². The lowest BCUT2D eigenvalue weighted by atomic mass is 10.2. The van der Waals surface area contributed by atoms with Gasteiger partial charge in [-0.15, -0.1) is 10.2 Å². The van der Waals surface area contributed by atoms with E-state index in [9.17, 15) is 14.4 Å². The van der Waals surface area contributed by atoms with Crippen molar-refractivity contribution in [1.82, 2.24) is 30.0 Å². The molecule has 0 radical (unpaired) electrons. The molecule has 184 valence electrons. The van der Waals surface area contributed by atoms with E-state index in [0.717, 1.165) is 16.8 Å². The van der Waals surface area contributed by atoms with Crippen molar-refractivity contribution in [2.24, 2.45) is 0 Å². The minimum absolute atomic E-state index is 0.121. The normalized spacial score (nSPS) is 12.0. The number of H-pyrrole nitrogens is 2. The largest absolute Gasteiger partial charge is 0.454 e. The van der Waals surface area contributed by atoms with Gasteiger partial charge in [-0.1, -0.05) is 30.0 Å². The van der Waals surface area contributed by atoms with Crippen LogP contribution in [-0.2, 0) is 17.8 Å². The standard InChI is InChI=1S/C24H22N6O5S/c1-14-3-2-4-17(7-14)30-20(9-16-10-21(31)27-23(33)26-16)28-29-24(30)36-12-22(32)25-11-15-5-6-18-19(8-15)35-13-34-18/h2-8,10H,9,11-13H2,1H3,(H,25,32)(H2,26,27,31,33). The van der Waals surface area contributed by atoms with Crippen LogP contribution in [0.15, 0.2) is 63.3 Å². The summed E-state index contributed by atoms with van der Waals surface area (Å²) < 4.78 is 12.5. The third-order valence-electron chi connectivity index (χ3n) is 5.38. The lowest BCUT2D eigenvalue weighted by Gasteiger charge is -2.11. The number of ether oxygens (including phenoxy) is 2. The van der Waals surface area contributed by atoms with Crippen molar-refractivity contribution in [2.45, 2.75) is 25.0 Å². The molecule has 5 rings (SSSR count). The zero-order valence-electron chi connectivity index (χ0n) is 19.2. The summed E-state index contributed by atoms with van der Waals surface area (Å²) in [5, 5.41) is 12.0. The molecule has 1 amide bonds. The van der Waals surface area contributed by atoms with Gasteiger partial charge >= 0.3 is 5.69 Å². The summed E-state index contributed by atoms with van der Waals surface area (Å²) in [5.41, 5.74) is 2.06. The van der Waals surface area contributed by atoms with Crippen molar-refractivity contribution in [3.63, 3.8) is 0 Å². The molecule has 0 unspecified atom stereocenters. The fourth-order valence-electron chi connectivity index (χ4n) is 3.75. The minimum Gasteiger partial charge on any atom is -0.454 e. The van der Waals surface area contributed by atoms with E-state index < -0.39 is 11.2 Å². The molecule has 0 spiro atoms. The molecule has 2 aromatic carbocycles. The molecular formula is C24H22N6O5S. The fourth-order valence-corrected chi connectivity index (χ4v) is 4.55. The van der Waals surface area contributed by atoms with E-state index in [1.54, 1.807) is 0 Å². The highest BCUT2D eigenvalue weighted by atomic mass is 32.2. The Balaban J connectivity index is 1.31. The Morgan fingerprint density at radius 1 is 1.08 bits per heavy atom. The fraction of sp³-hybridized carbons (Fsp3) is 0.208. The summed E-state index contributed by atoms with van der Waals surface area (Å²) in [6, 6.07) is 14.6. The first-order chi connectivity index (χ1) is 17.4. The molecule has 2 aromatic heterocycles. The second-order valence-corrected chi connectivity index (χ2v) is 9.06. The smallest absolute Gasteiger partial charge is 0.325 e. The van der Waals surface area contributed by atoms with E-state index in [0.29, 0.717) is 34.7 Å². The number of carbonyl (C=O) groups is 1. The molecule has 11 nitrogen and oxygen atoms in total. The monoisotopic (exact) mass is 506 g/mol. The average Bonchev–Trinajstić information content (AvgIpc) is 3.47. The number of nitrogens with one attached hydrogen (secondary N) is 3. The number of hydrogen-bond donors (Lipinski definition) is 3. The molecule has 4 aromatic rings. The Morgan fingerprint density at radius 2 is 1.94 bits per heavy atom. The Bertz CT molecular complexity index is 1510. The van der Waals surface area contributed by atoms with Gasteiger partial charge in [0.15, 0.2) is 16.7 Å². The van der Waals surface area contributed by atoms with Crippen LogP contribution >= 0.6 is 11.8 Å². The maximum atomic E-state index is 12.6. The van der Waals surface area contributed by atoms with Crippen LogP contribution in [0.25, 0.3) is 5.69 Å². The molecule has 1 aliphatic heterocycles. The summed E-state index contributed by atoms with van der Waals surface area (Å²) in [7, 11) is 0. The Morgan fingerprint density at radius 3 is 2.78 bits per heavy atom. The van der Waals surface area contributed by atoms with Gasteiger partial charge in [0.25, 0.3) is 5.56 Å². The molecule has 0 saturated heterocycles. The van der Waals surface area contributed by atoms with Crippen LogP contribution in [0.5, 0.6) is 11.5 Å². The predicted molar refractivity (Wildman–Crippen MR) is 132 cm³/mol. The zero-order valence-corrected chi connectivity index (χ0v) is 20.1. The Labute approximate surface area is 208 Å². The highest BCUT2D eigenvalue weighted by molar-refractivity contribution is 7.99. The maximum absolute atomic E-state index is 12.6. The summed E-state index contributed by atoms with van der Waals surface area (Å²) in [6.45, 7) is 2.52. The molecule has 3 N–H and O–H groups in total. The SMILES string of the molecule is Cc1cccc(-n2c(Cc3cc(=O)[nH]c(=O)[nH]3)nnc2SCC(=O)NCc2ccc3c(c2)OCO3)c1. The van der Waals surface area contributed by atoms with E-state index in [4.69, 9.17) is 9.47 Å². The van der Waals surface area contributed by atoms with Gasteiger partial charge in [-0.05, 0) is 42.3 Å². The van der Waals surface area contributed by atoms with E-state index in [-0.39, 0.29) is 24.9 Å². The molecule has 0 atom stereocenters. The van der Waals surface area contributed by atoms with Crippen molar-refractivity contribution >= 4 is 17.7 Å². The van der Waals surface area contributed by atoms with Crippen molar-refractivity contribution in [3.05, 3.63) is 92.0 Å². The van der Waals surface area contributed by atoms with E-state index >= 15 is 0 Å². The van der Waals surface area contributed by atoms with E-state index in [1.165, 1.54) is 17.8 Å². The molecule has 1 aliphatic rings.